The number of fused-ring (bicyclic) bond motifs is 3. The highest BCUT2D eigenvalue weighted by Crippen LogP contribution is 2.41. The van der Waals surface area contributed by atoms with E-state index in [4.69, 9.17) is 9.47 Å². The Balaban J connectivity index is 1.45. The van der Waals surface area contributed by atoms with E-state index in [0.29, 0.717) is 6.61 Å². The van der Waals surface area contributed by atoms with Crippen molar-refractivity contribution < 1.29 is 14.3 Å². The molecule has 0 aliphatic heterocycles. The van der Waals surface area contributed by atoms with Gasteiger partial charge >= 0.3 is 5.97 Å². The summed E-state index contributed by atoms with van der Waals surface area (Å²) in [5.74, 6) is 0.419. The molecular formula is C25H22O3. The van der Waals surface area contributed by atoms with Crippen molar-refractivity contribution >= 4 is 5.97 Å². The highest BCUT2D eigenvalue weighted by Gasteiger charge is 2.20. The van der Waals surface area contributed by atoms with Crippen molar-refractivity contribution in [1.29, 1.82) is 0 Å². The van der Waals surface area contributed by atoms with Gasteiger partial charge in [-0.25, -0.2) is 4.79 Å². The van der Waals surface area contributed by atoms with Gasteiger partial charge in [-0.05, 0) is 58.9 Å². The Morgan fingerprint density at radius 2 is 1.64 bits per heavy atom. The lowest BCUT2D eigenvalue weighted by Crippen LogP contribution is -2.10. The summed E-state index contributed by atoms with van der Waals surface area (Å²) in [7, 11) is 0. The van der Waals surface area contributed by atoms with Gasteiger partial charge in [-0.3, -0.25) is 0 Å². The Bertz CT molecular complexity index is 1020. The number of hydrogen-bond donors (Lipinski definition) is 0. The van der Waals surface area contributed by atoms with Gasteiger partial charge in [0, 0.05) is 6.08 Å². The average Bonchev–Trinajstić information content (AvgIpc) is 3.11. The molecule has 3 aromatic carbocycles. The number of carbonyl (C=O) groups is 1. The molecule has 4 rings (SSSR count). The molecule has 0 N–H and O–H groups in total. The van der Waals surface area contributed by atoms with Crippen LogP contribution in [0, 0.1) is 0 Å². The van der Waals surface area contributed by atoms with E-state index in [1.807, 2.05) is 12.1 Å². The molecule has 0 spiro atoms. The van der Waals surface area contributed by atoms with Crippen molar-refractivity contribution in [1.82, 2.24) is 0 Å². The van der Waals surface area contributed by atoms with Crippen molar-refractivity contribution in [3.63, 3.8) is 0 Å². The minimum atomic E-state index is -0.347. The molecule has 1 aliphatic rings. The zero-order chi connectivity index (χ0) is 19.3. The van der Waals surface area contributed by atoms with Crippen LogP contribution in [0.4, 0.5) is 0 Å². The van der Waals surface area contributed by atoms with E-state index < -0.39 is 0 Å². The van der Waals surface area contributed by atoms with E-state index >= 15 is 0 Å². The lowest BCUT2D eigenvalue weighted by atomic mass is 9.96. The zero-order valence-electron chi connectivity index (χ0n) is 15.9. The minimum absolute atomic E-state index is 0.232. The van der Waals surface area contributed by atoms with Gasteiger partial charge in [0.2, 0.25) is 0 Å². The fraction of sp³-hybridized carbons (Fsp3) is 0.160. The molecular weight excluding hydrogens is 348 g/mol. The summed E-state index contributed by atoms with van der Waals surface area (Å²) in [6.45, 7) is 2.34. The number of hydrogen-bond acceptors (Lipinski definition) is 3. The van der Waals surface area contributed by atoms with Crippen LogP contribution < -0.4 is 4.74 Å². The Labute approximate surface area is 165 Å². The number of carbonyl (C=O) groups excluding carboxylic acids is 1. The monoisotopic (exact) mass is 370 g/mol. The third-order valence-corrected chi connectivity index (χ3v) is 4.92. The first-order chi connectivity index (χ1) is 13.8. The first-order valence-electron chi connectivity index (χ1n) is 9.49. The smallest absolute Gasteiger partial charge is 0.330 e. The molecule has 0 heterocycles. The van der Waals surface area contributed by atoms with E-state index in [0.717, 1.165) is 12.2 Å². The van der Waals surface area contributed by atoms with Crippen LogP contribution in [0.3, 0.4) is 0 Å². The van der Waals surface area contributed by atoms with Crippen LogP contribution in [-0.4, -0.2) is 19.2 Å². The molecule has 0 fully saturated rings. The van der Waals surface area contributed by atoms with Crippen molar-refractivity contribution in [2.75, 3.05) is 13.2 Å². The predicted octanol–water partition coefficient (Wildman–Crippen LogP) is 5.42. The maximum atomic E-state index is 11.3. The van der Waals surface area contributed by atoms with Crippen LogP contribution in [0.2, 0.25) is 0 Å². The summed E-state index contributed by atoms with van der Waals surface area (Å²) in [6.07, 6.45) is 4.02. The standard InChI is InChI=1S/C25H22O3/c1-2-6-25(26)28-16-15-27-20-13-11-18(12-14-20)21-9-5-10-23-22-8-4-3-7-19(22)17-24(21)23/h2-14H,15-17H2,1H3. The van der Waals surface area contributed by atoms with Gasteiger partial charge in [0.1, 0.15) is 19.0 Å². The van der Waals surface area contributed by atoms with E-state index in [1.54, 1.807) is 13.0 Å². The van der Waals surface area contributed by atoms with Gasteiger partial charge in [0.15, 0.2) is 0 Å². The molecule has 3 heteroatoms. The van der Waals surface area contributed by atoms with Gasteiger partial charge in [-0.15, -0.1) is 0 Å². The zero-order valence-corrected chi connectivity index (χ0v) is 15.9. The van der Waals surface area contributed by atoms with Crippen molar-refractivity contribution in [2.45, 2.75) is 13.3 Å². The Morgan fingerprint density at radius 3 is 2.46 bits per heavy atom. The van der Waals surface area contributed by atoms with Crippen LogP contribution in [0.25, 0.3) is 22.3 Å². The first kappa shape index (κ1) is 18.1. The van der Waals surface area contributed by atoms with E-state index in [9.17, 15) is 4.79 Å². The maximum Gasteiger partial charge on any atom is 0.330 e. The molecule has 140 valence electrons. The highest BCUT2D eigenvalue weighted by atomic mass is 16.6. The van der Waals surface area contributed by atoms with E-state index in [2.05, 4.69) is 54.6 Å². The van der Waals surface area contributed by atoms with Crippen LogP contribution in [-0.2, 0) is 16.0 Å². The van der Waals surface area contributed by atoms with Crippen LogP contribution >= 0.6 is 0 Å². The summed E-state index contributed by atoms with van der Waals surface area (Å²) in [4.78, 5) is 11.3. The van der Waals surface area contributed by atoms with Gasteiger partial charge in [-0.2, -0.15) is 0 Å². The highest BCUT2D eigenvalue weighted by molar-refractivity contribution is 5.84. The molecule has 28 heavy (non-hydrogen) atoms. The second-order valence-corrected chi connectivity index (χ2v) is 6.71. The van der Waals surface area contributed by atoms with Gasteiger partial charge < -0.3 is 9.47 Å². The predicted molar refractivity (Wildman–Crippen MR) is 111 cm³/mol. The van der Waals surface area contributed by atoms with Gasteiger partial charge in [0.25, 0.3) is 0 Å². The van der Waals surface area contributed by atoms with E-state index in [1.165, 1.54) is 39.5 Å². The number of allylic oxidation sites excluding steroid dienone is 1. The third-order valence-electron chi connectivity index (χ3n) is 4.92. The summed E-state index contributed by atoms with van der Waals surface area (Å²) in [5, 5.41) is 0. The molecule has 3 nitrogen and oxygen atoms in total. The molecule has 0 saturated carbocycles. The molecule has 1 aliphatic carbocycles. The van der Waals surface area contributed by atoms with Crippen molar-refractivity contribution in [3.05, 3.63) is 90.0 Å². The molecule has 0 bridgehead atoms. The largest absolute Gasteiger partial charge is 0.490 e. The average molecular weight is 370 g/mol. The number of benzene rings is 3. The lowest BCUT2D eigenvalue weighted by molar-refractivity contribution is -0.138. The van der Waals surface area contributed by atoms with Crippen LogP contribution in [0.15, 0.2) is 78.9 Å². The fourth-order valence-electron chi connectivity index (χ4n) is 3.64. The summed E-state index contributed by atoms with van der Waals surface area (Å²) >= 11 is 0. The molecule has 3 aromatic rings. The van der Waals surface area contributed by atoms with Crippen molar-refractivity contribution in [3.8, 4) is 28.0 Å². The molecule has 0 atom stereocenters. The number of ether oxygens (including phenoxy) is 2. The van der Waals surface area contributed by atoms with Crippen LogP contribution in [0.5, 0.6) is 5.75 Å². The maximum absolute atomic E-state index is 11.3. The normalized spacial score (nSPS) is 11.9. The van der Waals surface area contributed by atoms with Gasteiger partial charge in [-0.1, -0.05) is 60.7 Å². The minimum Gasteiger partial charge on any atom is -0.490 e. The van der Waals surface area contributed by atoms with Gasteiger partial charge in [0.05, 0.1) is 0 Å². The molecule has 0 saturated heterocycles. The summed E-state index contributed by atoms with van der Waals surface area (Å²) < 4.78 is 10.7. The Morgan fingerprint density at radius 1 is 0.893 bits per heavy atom. The lowest BCUT2D eigenvalue weighted by Gasteiger charge is -2.11. The third kappa shape index (κ3) is 3.70. The second-order valence-electron chi connectivity index (χ2n) is 6.71. The fourth-order valence-corrected chi connectivity index (χ4v) is 3.64. The Kier molecular flexibility index (Phi) is 5.24. The quantitative estimate of drug-likeness (QED) is 0.258. The van der Waals surface area contributed by atoms with Crippen molar-refractivity contribution in [2.24, 2.45) is 0 Å². The SMILES string of the molecule is CC=CC(=O)OCCOc1ccc(-c2cccc3c2Cc2ccccc2-3)cc1. The summed E-state index contributed by atoms with van der Waals surface area (Å²) in [6, 6.07) is 23.2. The van der Waals surface area contributed by atoms with Crippen LogP contribution in [0.1, 0.15) is 18.1 Å². The molecule has 0 aromatic heterocycles. The Hall–Kier alpha value is -3.33. The van der Waals surface area contributed by atoms with E-state index in [-0.39, 0.29) is 12.6 Å². The number of esters is 1. The molecule has 0 amide bonds. The molecule has 0 unspecified atom stereocenters. The summed E-state index contributed by atoms with van der Waals surface area (Å²) in [5.41, 5.74) is 7.88. The number of rotatable bonds is 6. The second kappa shape index (κ2) is 8.13. The molecule has 0 radical (unpaired) electrons. The first-order valence-corrected chi connectivity index (χ1v) is 9.49. The topological polar surface area (TPSA) is 35.5 Å².